The number of halogens is 4. The average Bonchev–Trinajstić information content (AvgIpc) is 2.95. The molecule has 2 heterocycles. The van der Waals surface area contributed by atoms with Gasteiger partial charge >= 0.3 is 17.8 Å². The van der Waals surface area contributed by atoms with Crippen molar-refractivity contribution in [3.63, 3.8) is 0 Å². The summed E-state index contributed by atoms with van der Waals surface area (Å²) >= 11 is 5.75. The van der Waals surface area contributed by atoms with Crippen molar-refractivity contribution in [2.24, 2.45) is 0 Å². The standard InChI is InChI=1S/C24H21ClF3N3O5/c1-22(2)16-7-6-14(9-17(16)29(3)20(22)35)30-12-15(19(33)34)18(32)31(21(30)36)11-13-5-4-8-23(25,10-13)24(26,27)28/h4-9,12H,10-11H2,1-3H3,(H,33,34). The average molecular weight is 524 g/mol. The first kappa shape index (κ1) is 25.5. The van der Waals surface area contributed by atoms with Crippen molar-refractivity contribution in [2.45, 2.75) is 43.3 Å². The number of amides is 1. The summed E-state index contributed by atoms with van der Waals surface area (Å²) in [6.45, 7) is 2.90. The van der Waals surface area contributed by atoms with Gasteiger partial charge in [-0.05, 0) is 37.1 Å². The van der Waals surface area contributed by atoms with Gasteiger partial charge in [-0.1, -0.05) is 24.3 Å². The Kier molecular flexibility index (Phi) is 5.82. The van der Waals surface area contributed by atoms with E-state index in [1.165, 1.54) is 23.1 Å². The first-order chi connectivity index (χ1) is 16.6. The maximum absolute atomic E-state index is 13.4. The minimum atomic E-state index is -4.79. The lowest BCUT2D eigenvalue weighted by Crippen LogP contribution is -2.44. The Morgan fingerprint density at radius 1 is 1.19 bits per heavy atom. The quantitative estimate of drug-likeness (QED) is 0.619. The molecule has 0 radical (unpaired) electrons. The van der Waals surface area contributed by atoms with Gasteiger partial charge in [0.2, 0.25) is 5.91 Å². The van der Waals surface area contributed by atoms with Crippen molar-refractivity contribution >= 4 is 29.2 Å². The topological polar surface area (TPSA) is 102 Å². The highest BCUT2D eigenvalue weighted by atomic mass is 35.5. The first-order valence-corrected chi connectivity index (χ1v) is 11.1. The van der Waals surface area contributed by atoms with Gasteiger partial charge in [-0.15, -0.1) is 11.6 Å². The van der Waals surface area contributed by atoms with Crippen LogP contribution >= 0.6 is 11.6 Å². The smallest absolute Gasteiger partial charge is 0.411 e. The molecule has 12 heteroatoms. The third kappa shape index (κ3) is 3.87. The van der Waals surface area contributed by atoms with Gasteiger partial charge in [0.05, 0.1) is 17.6 Å². The number of rotatable bonds is 4. The Morgan fingerprint density at radius 3 is 2.47 bits per heavy atom. The van der Waals surface area contributed by atoms with E-state index >= 15 is 0 Å². The number of fused-ring (bicyclic) bond motifs is 1. The molecule has 8 nitrogen and oxygen atoms in total. The highest BCUT2D eigenvalue weighted by Gasteiger charge is 2.52. The lowest BCUT2D eigenvalue weighted by molar-refractivity contribution is -0.150. The van der Waals surface area contributed by atoms with Crippen LogP contribution < -0.4 is 16.1 Å². The van der Waals surface area contributed by atoms with Crippen LogP contribution in [0, 0.1) is 0 Å². The molecule has 36 heavy (non-hydrogen) atoms. The van der Waals surface area contributed by atoms with Crippen LogP contribution in [0.2, 0.25) is 0 Å². The third-order valence-electron chi connectivity index (χ3n) is 6.54. The summed E-state index contributed by atoms with van der Waals surface area (Å²) in [7, 11) is 1.56. The fourth-order valence-corrected chi connectivity index (χ4v) is 4.73. The van der Waals surface area contributed by atoms with E-state index in [-0.39, 0.29) is 17.2 Å². The number of hydrogen-bond donors (Lipinski definition) is 1. The Labute approximate surface area is 207 Å². The van der Waals surface area contributed by atoms with Crippen molar-refractivity contribution < 1.29 is 27.9 Å². The molecule has 1 N–H and O–H groups in total. The van der Waals surface area contributed by atoms with E-state index in [9.17, 15) is 37.5 Å². The number of carboxylic acid groups (broad SMARTS) is 1. The zero-order valence-corrected chi connectivity index (χ0v) is 20.1. The van der Waals surface area contributed by atoms with Crippen molar-refractivity contribution in [1.29, 1.82) is 0 Å². The van der Waals surface area contributed by atoms with Crippen LogP contribution in [-0.4, -0.2) is 44.2 Å². The van der Waals surface area contributed by atoms with Gasteiger partial charge in [0, 0.05) is 25.4 Å². The largest absolute Gasteiger partial charge is 0.477 e. The van der Waals surface area contributed by atoms with Gasteiger partial charge in [-0.25, -0.2) is 9.59 Å². The van der Waals surface area contributed by atoms with Crippen LogP contribution in [0.5, 0.6) is 0 Å². The first-order valence-electron chi connectivity index (χ1n) is 10.7. The summed E-state index contributed by atoms with van der Waals surface area (Å²) < 4.78 is 41.8. The van der Waals surface area contributed by atoms with E-state index in [2.05, 4.69) is 0 Å². The number of benzene rings is 1. The number of aromatic carboxylic acids is 1. The molecule has 190 valence electrons. The lowest BCUT2D eigenvalue weighted by atomic mass is 9.86. The van der Waals surface area contributed by atoms with Gasteiger partial charge in [0.25, 0.3) is 5.56 Å². The fourth-order valence-electron chi connectivity index (χ4n) is 4.48. The molecular formula is C24H21ClF3N3O5. The molecule has 4 rings (SSSR count). The second kappa shape index (κ2) is 8.22. The highest BCUT2D eigenvalue weighted by molar-refractivity contribution is 6.26. The van der Waals surface area contributed by atoms with Crippen LogP contribution in [0.15, 0.2) is 57.8 Å². The number of carbonyl (C=O) groups is 2. The fraction of sp³-hybridized carbons (Fsp3) is 0.333. The number of likely N-dealkylation sites (N-methyl/N-ethyl adjacent to an activating group) is 1. The molecule has 1 aromatic heterocycles. The summed E-state index contributed by atoms with van der Waals surface area (Å²) in [6.07, 6.45) is -1.49. The number of aromatic nitrogens is 2. The van der Waals surface area contributed by atoms with Crippen LogP contribution in [0.25, 0.3) is 5.69 Å². The van der Waals surface area contributed by atoms with Crippen molar-refractivity contribution in [3.05, 3.63) is 80.2 Å². The predicted octanol–water partition coefficient (Wildman–Crippen LogP) is 3.38. The second-order valence-corrected chi connectivity index (χ2v) is 9.98. The Morgan fingerprint density at radius 2 is 1.86 bits per heavy atom. The molecule has 1 unspecified atom stereocenters. The summed E-state index contributed by atoms with van der Waals surface area (Å²) in [5, 5.41) is 9.57. The lowest BCUT2D eigenvalue weighted by Gasteiger charge is -2.29. The molecule has 2 aromatic rings. The number of allylic oxidation sites excluding steroid dienone is 4. The molecule has 0 bridgehead atoms. The number of carboxylic acids is 1. The Balaban J connectivity index is 1.84. The highest BCUT2D eigenvalue weighted by Crippen LogP contribution is 2.44. The van der Waals surface area contributed by atoms with E-state index in [1.807, 2.05) is 0 Å². The van der Waals surface area contributed by atoms with Gasteiger partial charge in [-0.3, -0.25) is 18.7 Å². The monoisotopic (exact) mass is 523 g/mol. The maximum atomic E-state index is 13.4. The van der Waals surface area contributed by atoms with Crippen LogP contribution in [0.4, 0.5) is 18.9 Å². The van der Waals surface area contributed by atoms with Crippen LogP contribution in [0.3, 0.4) is 0 Å². The molecule has 1 atom stereocenters. The maximum Gasteiger partial charge on any atom is 0.411 e. The van der Waals surface area contributed by atoms with Crippen molar-refractivity contribution in [1.82, 2.24) is 9.13 Å². The van der Waals surface area contributed by atoms with Gasteiger partial charge < -0.3 is 10.0 Å². The zero-order valence-electron chi connectivity index (χ0n) is 19.4. The summed E-state index contributed by atoms with van der Waals surface area (Å²) in [5.74, 6) is -1.79. The molecule has 1 aliphatic heterocycles. The molecule has 0 saturated heterocycles. The molecule has 2 aliphatic rings. The number of nitrogens with zero attached hydrogens (tertiary/aromatic N) is 3. The van der Waals surface area contributed by atoms with Crippen molar-refractivity contribution in [2.75, 3.05) is 11.9 Å². The predicted molar refractivity (Wildman–Crippen MR) is 126 cm³/mol. The minimum Gasteiger partial charge on any atom is -0.477 e. The number of anilines is 1. The molecule has 1 aromatic carbocycles. The summed E-state index contributed by atoms with van der Waals surface area (Å²) in [6, 6.07) is 4.65. The Bertz CT molecular complexity index is 1490. The minimum absolute atomic E-state index is 0.0131. The molecule has 0 saturated carbocycles. The SMILES string of the molecule is CN1C(=O)C(C)(C)c2ccc(-n3cc(C(=O)O)c(=O)n(CC4=CC=CC(Cl)(C(F)(F)F)C4)c3=O)cc21. The van der Waals surface area contributed by atoms with Gasteiger partial charge in [0.1, 0.15) is 5.56 Å². The van der Waals surface area contributed by atoms with E-state index in [0.717, 1.165) is 22.9 Å². The number of alkyl halides is 4. The van der Waals surface area contributed by atoms with E-state index in [1.54, 1.807) is 27.0 Å². The molecule has 1 aliphatic carbocycles. The van der Waals surface area contributed by atoms with E-state index < -0.39 is 52.2 Å². The van der Waals surface area contributed by atoms with Gasteiger partial charge in [-0.2, -0.15) is 13.2 Å². The molecule has 0 fully saturated rings. The van der Waals surface area contributed by atoms with Crippen molar-refractivity contribution in [3.8, 4) is 5.69 Å². The third-order valence-corrected chi connectivity index (χ3v) is 7.02. The molecular weight excluding hydrogens is 503 g/mol. The molecule has 1 amide bonds. The van der Waals surface area contributed by atoms with E-state index in [4.69, 9.17) is 11.6 Å². The summed E-state index contributed by atoms with van der Waals surface area (Å²) in [4.78, 5) is 49.3. The second-order valence-electron chi connectivity index (χ2n) is 9.30. The van der Waals surface area contributed by atoms with Crippen LogP contribution in [0.1, 0.15) is 36.2 Å². The number of carbonyl (C=O) groups excluding carboxylic acids is 1. The summed E-state index contributed by atoms with van der Waals surface area (Å²) in [5.41, 5.74) is -2.30. The normalized spacial score (nSPS) is 20.9. The van der Waals surface area contributed by atoms with Gasteiger partial charge in [0.15, 0.2) is 4.87 Å². The number of hydrogen-bond acceptors (Lipinski definition) is 4. The van der Waals surface area contributed by atoms with E-state index in [0.29, 0.717) is 15.8 Å². The van der Waals surface area contributed by atoms with Crippen LogP contribution in [-0.2, 0) is 16.8 Å². The molecule has 0 spiro atoms. The zero-order chi connectivity index (χ0) is 26.8. The Hall–Kier alpha value is -3.60.